The Kier molecular flexibility index (Phi) is 8.21. The largest absolute Gasteiger partial charge is 0.465 e. The first-order valence-corrected chi connectivity index (χ1v) is 5.99. The molecule has 0 heterocycles. The summed E-state index contributed by atoms with van der Waals surface area (Å²) in [5, 5.41) is 17.9. The molecule has 0 aliphatic rings. The van der Waals surface area contributed by atoms with E-state index < -0.39 is 24.6 Å². The average molecular weight is 232 g/mol. The highest BCUT2D eigenvalue weighted by Crippen LogP contribution is 2.16. The summed E-state index contributed by atoms with van der Waals surface area (Å²) in [6, 6.07) is 0. The predicted octanol–water partition coefficient (Wildman–Crippen LogP) is 1.49. The average Bonchev–Trinajstić information content (AvgIpc) is 2.32. The van der Waals surface area contributed by atoms with E-state index in [0.717, 1.165) is 19.3 Å². The van der Waals surface area contributed by atoms with Gasteiger partial charge in [-0.15, -0.1) is 0 Å². The summed E-state index contributed by atoms with van der Waals surface area (Å²) in [5.74, 6) is -0.520. The maximum absolute atomic E-state index is 11.5. The summed E-state index contributed by atoms with van der Waals surface area (Å²) in [6.45, 7) is 3.23. The zero-order chi connectivity index (χ0) is 12.4. The zero-order valence-electron chi connectivity index (χ0n) is 10.4. The summed E-state index contributed by atoms with van der Waals surface area (Å²) < 4.78 is 5.01. The van der Waals surface area contributed by atoms with E-state index in [4.69, 9.17) is 14.9 Å². The SMILES string of the molecule is CCCCCCCOC(=O)C(C)(CO)CO. The number of hydrogen-bond acceptors (Lipinski definition) is 4. The molecule has 0 unspecified atom stereocenters. The van der Waals surface area contributed by atoms with Gasteiger partial charge in [-0.2, -0.15) is 0 Å². The van der Waals surface area contributed by atoms with Crippen LogP contribution in [0.25, 0.3) is 0 Å². The van der Waals surface area contributed by atoms with Gasteiger partial charge in [-0.3, -0.25) is 4.79 Å². The Morgan fingerprint density at radius 1 is 1.12 bits per heavy atom. The van der Waals surface area contributed by atoms with E-state index in [1.807, 2.05) is 0 Å². The predicted molar refractivity (Wildman–Crippen MR) is 62.0 cm³/mol. The van der Waals surface area contributed by atoms with Gasteiger partial charge in [0.1, 0.15) is 5.41 Å². The monoisotopic (exact) mass is 232 g/mol. The molecule has 4 nitrogen and oxygen atoms in total. The second-order valence-electron chi connectivity index (χ2n) is 4.43. The van der Waals surface area contributed by atoms with E-state index in [2.05, 4.69) is 6.92 Å². The van der Waals surface area contributed by atoms with Gasteiger partial charge < -0.3 is 14.9 Å². The van der Waals surface area contributed by atoms with Crippen LogP contribution in [0.1, 0.15) is 46.0 Å². The topological polar surface area (TPSA) is 66.8 Å². The lowest BCUT2D eigenvalue weighted by molar-refractivity contribution is -0.160. The van der Waals surface area contributed by atoms with Crippen LogP contribution in [0.2, 0.25) is 0 Å². The van der Waals surface area contributed by atoms with Crippen molar-refractivity contribution < 1.29 is 19.7 Å². The quantitative estimate of drug-likeness (QED) is 0.467. The standard InChI is InChI=1S/C12H24O4/c1-3-4-5-6-7-8-16-11(15)12(2,9-13)10-14/h13-14H,3-10H2,1-2H3. The normalized spacial score (nSPS) is 11.5. The van der Waals surface area contributed by atoms with Gasteiger partial charge in [0.05, 0.1) is 19.8 Å². The minimum atomic E-state index is -1.16. The number of aliphatic hydroxyl groups is 2. The molecule has 2 N–H and O–H groups in total. The number of unbranched alkanes of at least 4 members (excludes halogenated alkanes) is 4. The molecule has 0 aliphatic carbocycles. The molecule has 16 heavy (non-hydrogen) atoms. The van der Waals surface area contributed by atoms with Gasteiger partial charge in [0, 0.05) is 0 Å². The lowest BCUT2D eigenvalue weighted by Gasteiger charge is -2.22. The van der Waals surface area contributed by atoms with Crippen LogP contribution < -0.4 is 0 Å². The molecule has 0 bridgehead atoms. The minimum Gasteiger partial charge on any atom is -0.465 e. The van der Waals surface area contributed by atoms with Crippen LogP contribution in [-0.4, -0.2) is 36.0 Å². The first-order valence-electron chi connectivity index (χ1n) is 5.99. The number of aliphatic hydroxyl groups excluding tert-OH is 2. The first kappa shape index (κ1) is 15.4. The summed E-state index contributed by atoms with van der Waals surface area (Å²) >= 11 is 0. The van der Waals surface area contributed by atoms with E-state index in [1.165, 1.54) is 19.8 Å². The number of carbonyl (C=O) groups is 1. The fourth-order valence-electron chi connectivity index (χ4n) is 1.22. The van der Waals surface area contributed by atoms with E-state index in [1.54, 1.807) is 0 Å². The van der Waals surface area contributed by atoms with Crippen molar-refractivity contribution in [2.24, 2.45) is 5.41 Å². The number of rotatable bonds is 9. The fourth-order valence-corrected chi connectivity index (χ4v) is 1.22. The lowest BCUT2D eigenvalue weighted by Crippen LogP contribution is -2.37. The molecule has 0 atom stereocenters. The maximum Gasteiger partial charge on any atom is 0.316 e. The summed E-state index contributed by atoms with van der Waals surface area (Å²) in [6.07, 6.45) is 5.45. The summed E-state index contributed by atoms with van der Waals surface area (Å²) in [4.78, 5) is 11.5. The molecule has 0 aliphatic heterocycles. The smallest absolute Gasteiger partial charge is 0.316 e. The highest BCUT2D eigenvalue weighted by molar-refractivity contribution is 5.76. The number of hydrogen-bond donors (Lipinski definition) is 2. The van der Waals surface area contributed by atoms with Crippen LogP contribution in [-0.2, 0) is 9.53 Å². The molecular formula is C12H24O4. The van der Waals surface area contributed by atoms with Gasteiger partial charge in [0.2, 0.25) is 0 Å². The van der Waals surface area contributed by atoms with Gasteiger partial charge in [-0.1, -0.05) is 32.6 Å². The molecule has 0 rings (SSSR count). The van der Waals surface area contributed by atoms with Crippen LogP contribution in [0.5, 0.6) is 0 Å². The van der Waals surface area contributed by atoms with Crippen molar-refractivity contribution in [3.8, 4) is 0 Å². The van der Waals surface area contributed by atoms with E-state index >= 15 is 0 Å². The number of esters is 1. The summed E-state index contributed by atoms with van der Waals surface area (Å²) in [5.41, 5.74) is -1.16. The second-order valence-corrected chi connectivity index (χ2v) is 4.43. The van der Waals surface area contributed by atoms with Crippen molar-refractivity contribution in [3.05, 3.63) is 0 Å². The van der Waals surface area contributed by atoms with Crippen molar-refractivity contribution in [1.82, 2.24) is 0 Å². The Hall–Kier alpha value is -0.610. The zero-order valence-corrected chi connectivity index (χ0v) is 10.4. The highest BCUT2D eigenvalue weighted by atomic mass is 16.5. The van der Waals surface area contributed by atoms with E-state index in [-0.39, 0.29) is 0 Å². The van der Waals surface area contributed by atoms with Crippen LogP contribution in [0.3, 0.4) is 0 Å². The van der Waals surface area contributed by atoms with Gasteiger partial charge in [-0.25, -0.2) is 0 Å². The van der Waals surface area contributed by atoms with Gasteiger partial charge >= 0.3 is 5.97 Å². The Bertz CT molecular complexity index is 187. The molecule has 0 radical (unpaired) electrons. The molecular weight excluding hydrogens is 208 g/mol. The molecule has 0 aromatic heterocycles. The van der Waals surface area contributed by atoms with Crippen LogP contribution in [0.4, 0.5) is 0 Å². The van der Waals surface area contributed by atoms with Gasteiger partial charge in [0.15, 0.2) is 0 Å². The Balaban J connectivity index is 3.64. The molecule has 0 saturated heterocycles. The number of carbonyl (C=O) groups excluding carboxylic acids is 1. The van der Waals surface area contributed by atoms with Crippen molar-refractivity contribution in [3.63, 3.8) is 0 Å². The van der Waals surface area contributed by atoms with Crippen molar-refractivity contribution in [2.75, 3.05) is 19.8 Å². The molecule has 0 fully saturated rings. The molecule has 0 spiro atoms. The highest BCUT2D eigenvalue weighted by Gasteiger charge is 2.33. The second kappa shape index (κ2) is 8.53. The fraction of sp³-hybridized carbons (Fsp3) is 0.917. The first-order chi connectivity index (χ1) is 7.60. The van der Waals surface area contributed by atoms with Crippen molar-refractivity contribution >= 4 is 5.97 Å². The Labute approximate surface area is 97.6 Å². The van der Waals surface area contributed by atoms with Crippen LogP contribution in [0.15, 0.2) is 0 Å². The third-order valence-electron chi connectivity index (χ3n) is 2.67. The van der Waals surface area contributed by atoms with Gasteiger partial charge in [0.25, 0.3) is 0 Å². The van der Waals surface area contributed by atoms with E-state index in [0.29, 0.717) is 6.61 Å². The molecule has 96 valence electrons. The van der Waals surface area contributed by atoms with Crippen LogP contribution >= 0.6 is 0 Å². The van der Waals surface area contributed by atoms with Gasteiger partial charge in [-0.05, 0) is 13.3 Å². The molecule has 0 saturated carbocycles. The van der Waals surface area contributed by atoms with Crippen molar-refractivity contribution in [2.45, 2.75) is 46.0 Å². The molecule has 0 amide bonds. The summed E-state index contributed by atoms with van der Waals surface area (Å²) in [7, 11) is 0. The third-order valence-corrected chi connectivity index (χ3v) is 2.67. The Morgan fingerprint density at radius 3 is 2.19 bits per heavy atom. The molecule has 0 aromatic carbocycles. The number of ether oxygens (including phenoxy) is 1. The molecule has 0 aromatic rings. The maximum atomic E-state index is 11.5. The molecule has 4 heteroatoms. The minimum absolute atomic E-state index is 0.373. The van der Waals surface area contributed by atoms with Crippen molar-refractivity contribution in [1.29, 1.82) is 0 Å². The van der Waals surface area contributed by atoms with E-state index in [9.17, 15) is 4.79 Å². The van der Waals surface area contributed by atoms with Crippen LogP contribution in [0, 0.1) is 5.41 Å². The Morgan fingerprint density at radius 2 is 1.69 bits per heavy atom. The third kappa shape index (κ3) is 5.47. The lowest BCUT2D eigenvalue weighted by atomic mass is 9.93.